The van der Waals surface area contributed by atoms with Gasteiger partial charge in [0.2, 0.25) is 5.60 Å². The number of benzene rings is 1. The molecule has 0 aliphatic carbocycles. The molecule has 1 aromatic rings. The number of oxime groups is 1. The quantitative estimate of drug-likeness (QED) is 0.755. The summed E-state index contributed by atoms with van der Waals surface area (Å²) in [5.41, 5.74) is 0.436. The maximum absolute atomic E-state index is 12.2. The molecule has 0 saturated heterocycles. The second kappa shape index (κ2) is 6.52. The summed E-state index contributed by atoms with van der Waals surface area (Å²) in [6.07, 6.45) is 0.862. The summed E-state index contributed by atoms with van der Waals surface area (Å²) in [5.74, 6) is -0.448. The Bertz CT molecular complexity index is 553. The van der Waals surface area contributed by atoms with Crippen molar-refractivity contribution in [3.05, 3.63) is 35.9 Å². The number of hydrogen-bond donors (Lipinski definition) is 0. The minimum atomic E-state index is -1.17. The number of carbonyl (C=O) groups is 2. The summed E-state index contributed by atoms with van der Waals surface area (Å²) in [6.45, 7) is 3.50. The second-order valence-corrected chi connectivity index (χ2v) is 5.09. The van der Waals surface area contributed by atoms with Crippen LogP contribution in [0.3, 0.4) is 0 Å². The van der Waals surface area contributed by atoms with Gasteiger partial charge in [-0.1, -0.05) is 35.5 Å². The third kappa shape index (κ3) is 3.48. The van der Waals surface area contributed by atoms with Crippen molar-refractivity contribution in [3.63, 3.8) is 0 Å². The maximum Gasteiger partial charge on any atom is 0.353 e. The molecule has 1 heterocycles. The van der Waals surface area contributed by atoms with Crippen LogP contribution in [-0.4, -0.2) is 29.7 Å². The Kier molecular flexibility index (Phi) is 4.73. The van der Waals surface area contributed by atoms with Crippen LogP contribution in [0.5, 0.6) is 0 Å². The zero-order valence-corrected chi connectivity index (χ0v) is 12.3. The number of Topliss-reactive ketones (excluding diaryl/α,β-unsaturated/α-hetero) is 1. The largest absolute Gasteiger partial charge is 0.463 e. The summed E-state index contributed by atoms with van der Waals surface area (Å²) < 4.78 is 5.10. The SMILES string of the molecule is CCOC(=O)C1(CCC(C)=O)CC(c2ccccc2)=NO1. The maximum atomic E-state index is 12.2. The van der Waals surface area contributed by atoms with Gasteiger partial charge in [0.15, 0.2) is 0 Å². The van der Waals surface area contributed by atoms with Gasteiger partial charge >= 0.3 is 5.97 Å². The van der Waals surface area contributed by atoms with Gasteiger partial charge in [-0.3, -0.25) is 0 Å². The summed E-state index contributed by atoms with van der Waals surface area (Å²) in [5, 5.41) is 4.05. The first kappa shape index (κ1) is 15.2. The number of ketones is 1. The van der Waals surface area contributed by atoms with Crippen molar-refractivity contribution in [2.75, 3.05) is 6.61 Å². The molecular formula is C16H19NO4. The second-order valence-electron chi connectivity index (χ2n) is 5.09. The first-order valence-electron chi connectivity index (χ1n) is 7.04. The standard InChI is InChI=1S/C16H19NO4/c1-3-20-15(19)16(10-9-12(2)18)11-14(17-21-16)13-7-5-4-6-8-13/h4-8H,3,9-11H2,1-2H3. The molecule has 0 fully saturated rings. The molecule has 1 atom stereocenters. The van der Waals surface area contributed by atoms with Gasteiger partial charge < -0.3 is 14.4 Å². The number of hydrogen-bond acceptors (Lipinski definition) is 5. The average molecular weight is 289 g/mol. The van der Waals surface area contributed by atoms with Crippen LogP contribution in [-0.2, 0) is 19.2 Å². The highest BCUT2D eigenvalue weighted by atomic mass is 16.7. The van der Waals surface area contributed by atoms with Crippen LogP contribution in [0, 0.1) is 0 Å². The van der Waals surface area contributed by atoms with E-state index in [1.807, 2.05) is 30.3 Å². The lowest BCUT2D eigenvalue weighted by Crippen LogP contribution is -2.41. The van der Waals surface area contributed by atoms with E-state index in [-0.39, 0.29) is 25.2 Å². The molecule has 0 bridgehead atoms. The molecule has 0 N–H and O–H groups in total. The number of rotatable bonds is 6. The molecule has 5 nitrogen and oxygen atoms in total. The molecule has 0 spiro atoms. The molecule has 0 saturated carbocycles. The zero-order valence-electron chi connectivity index (χ0n) is 12.3. The number of ether oxygens (including phenoxy) is 1. The minimum Gasteiger partial charge on any atom is -0.463 e. The number of carbonyl (C=O) groups excluding carboxylic acids is 2. The highest BCUT2D eigenvalue weighted by Gasteiger charge is 2.48. The van der Waals surface area contributed by atoms with Gasteiger partial charge in [0.1, 0.15) is 5.78 Å². The van der Waals surface area contributed by atoms with E-state index >= 15 is 0 Å². The molecule has 1 unspecified atom stereocenters. The summed E-state index contributed by atoms with van der Waals surface area (Å²) in [6, 6.07) is 9.53. The van der Waals surface area contributed by atoms with Crippen LogP contribution >= 0.6 is 0 Å². The zero-order chi connectivity index (χ0) is 15.3. The van der Waals surface area contributed by atoms with Crippen molar-refractivity contribution in [1.82, 2.24) is 0 Å². The molecule has 0 aromatic heterocycles. The van der Waals surface area contributed by atoms with Crippen LogP contribution in [0.4, 0.5) is 0 Å². The van der Waals surface area contributed by atoms with Gasteiger partial charge in [0.25, 0.3) is 0 Å². The van der Waals surface area contributed by atoms with Crippen LogP contribution in [0.1, 0.15) is 38.7 Å². The van der Waals surface area contributed by atoms with Crippen molar-refractivity contribution >= 4 is 17.5 Å². The van der Waals surface area contributed by atoms with Crippen molar-refractivity contribution in [3.8, 4) is 0 Å². The monoisotopic (exact) mass is 289 g/mol. The predicted octanol–water partition coefficient (Wildman–Crippen LogP) is 2.48. The lowest BCUT2D eigenvalue weighted by atomic mass is 9.89. The molecule has 0 amide bonds. The minimum absolute atomic E-state index is 0.00966. The Labute approximate surface area is 123 Å². The van der Waals surface area contributed by atoms with Crippen molar-refractivity contribution < 1.29 is 19.2 Å². The van der Waals surface area contributed by atoms with Gasteiger partial charge in [-0.25, -0.2) is 4.79 Å². The van der Waals surface area contributed by atoms with E-state index in [0.29, 0.717) is 12.1 Å². The van der Waals surface area contributed by atoms with Gasteiger partial charge in [0.05, 0.1) is 12.3 Å². The normalized spacial score (nSPS) is 20.6. The first-order chi connectivity index (χ1) is 10.1. The fourth-order valence-corrected chi connectivity index (χ4v) is 2.25. The van der Waals surface area contributed by atoms with E-state index in [4.69, 9.17) is 9.57 Å². The highest BCUT2D eigenvalue weighted by Crippen LogP contribution is 2.32. The lowest BCUT2D eigenvalue weighted by molar-refractivity contribution is -0.170. The van der Waals surface area contributed by atoms with Gasteiger partial charge in [-0.15, -0.1) is 0 Å². The molecule has 21 heavy (non-hydrogen) atoms. The molecule has 5 heteroatoms. The third-order valence-electron chi connectivity index (χ3n) is 3.42. The Morgan fingerprint density at radius 3 is 2.67 bits per heavy atom. The predicted molar refractivity (Wildman–Crippen MR) is 78.0 cm³/mol. The van der Waals surface area contributed by atoms with Crippen LogP contribution in [0.25, 0.3) is 0 Å². The number of esters is 1. The molecular weight excluding hydrogens is 270 g/mol. The van der Waals surface area contributed by atoms with Crippen LogP contribution < -0.4 is 0 Å². The lowest BCUT2D eigenvalue weighted by Gasteiger charge is -2.23. The van der Waals surface area contributed by atoms with E-state index in [1.165, 1.54) is 6.92 Å². The third-order valence-corrected chi connectivity index (χ3v) is 3.42. The molecule has 1 aliphatic heterocycles. The Morgan fingerprint density at radius 2 is 2.05 bits per heavy atom. The Hall–Kier alpha value is -2.17. The van der Waals surface area contributed by atoms with Crippen molar-refractivity contribution in [2.24, 2.45) is 5.16 Å². The van der Waals surface area contributed by atoms with E-state index in [0.717, 1.165) is 5.56 Å². The van der Waals surface area contributed by atoms with Gasteiger partial charge in [-0.05, 0) is 19.4 Å². The first-order valence-corrected chi connectivity index (χ1v) is 7.04. The van der Waals surface area contributed by atoms with Crippen LogP contribution in [0.15, 0.2) is 35.5 Å². The topological polar surface area (TPSA) is 65.0 Å². The van der Waals surface area contributed by atoms with Gasteiger partial charge in [-0.2, -0.15) is 0 Å². The highest BCUT2D eigenvalue weighted by molar-refractivity contribution is 6.04. The molecule has 1 aliphatic rings. The van der Waals surface area contributed by atoms with E-state index < -0.39 is 11.6 Å². The fraction of sp³-hybridized carbons (Fsp3) is 0.438. The van der Waals surface area contributed by atoms with E-state index in [1.54, 1.807) is 6.92 Å². The summed E-state index contributed by atoms with van der Waals surface area (Å²) in [7, 11) is 0. The fourth-order valence-electron chi connectivity index (χ4n) is 2.25. The Balaban J connectivity index is 2.17. The molecule has 2 rings (SSSR count). The molecule has 112 valence electrons. The van der Waals surface area contributed by atoms with Gasteiger partial charge in [0, 0.05) is 19.3 Å². The van der Waals surface area contributed by atoms with Crippen molar-refractivity contribution in [1.29, 1.82) is 0 Å². The molecule has 0 radical (unpaired) electrons. The number of nitrogens with zero attached hydrogens (tertiary/aromatic N) is 1. The average Bonchev–Trinajstić information content (AvgIpc) is 2.92. The van der Waals surface area contributed by atoms with Crippen molar-refractivity contribution in [2.45, 2.75) is 38.7 Å². The summed E-state index contributed by atoms with van der Waals surface area (Å²) >= 11 is 0. The summed E-state index contributed by atoms with van der Waals surface area (Å²) in [4.78, 5) is 28.9. The van der Waals surface area contributed by atoms with E-state index in [2.05, 4.69) is 5.16 Å². The molecule has 1 aromatic carbocycles. The Morgan fingerprint density at radius 1 is 1.33 bits per heavy atom. The van der Waals surface area contributed by atoms with E-state index in [9.17, 15) is 9.59 Å². The smallest absolute Gasteiger partial charge is 0.353 e. The van der Waals surface area contributed by atoms with Crippen LogP contribution in [0.2, 0.25) is 0 Å².